The Bertz CT molecular complexity index is 2260. The minimum atomic E-state index is 0.865. The molecule has 46 heavy (non-hydrogen) atoms. The Hall–Kier alpha value is -6.12. The molecule has 0 radical (unpaired) electrons. The molecule has 1 heterocycles. The molecule has 0 saturated carbocycles. The highest BCUT2D eigenvalue weighted by molar-refractivity contribution is 6.10. The Kier molecular flexibility index (Phi) is 7.22. The Balaban J connectivity index is 1.56. The first-order chi connectivity index (χ1) is 22.8. The summed E-state index contributed by atoms with van der Waals surface area (Å²) in [4.78, 5) is 11.1. The molecule has 0 saturated heterocycles. The third-order valence-electron chi connectivity index (χ3n) is 8.49. The van der Waals surface area contributed by atoms with Crippen molar-refractivity contribution in [3.05, 3.63) is 182 Å². The van der Waals surface area contributed by atoms with Gasteiger partial charge < -0.3 is 0 Å². The highest BCUT2D eigenvalue weighted by Crippen LogP contribution is 2.46. The van der Waals surface area contributed by atoms with Gasteiger partial charge in [0.25, 0.3) is 0 Å². The smallest absolute Gasteiger partial charge is 0.0985 e. The van der Waals surface area contributed by atoms with E-state index in [1.807, 2.05) is 12.1 Å². The number of hydrogen-bond acceptors (Lipinski definition) is 2. The van der Waals surface area contributed by atoms with Gasteiger partial charge in [0.1, 0.15) is 0 Å². The van der Waals surface area contributed by atoms with Crippen molar-refractivity contribution >= 4 is 11.0 Å². The van der Waals surface area contributed by atoms with E-state index in [1.165, 1.54) is 11.1 Å². The van der Waals surface area contributed by atoms with Gasteiger partial charge in [0.2, 0.25) is 0 Å². The van der Waals surface area contributed by atoms with E-state index in [-0.39, 0.29) is 0 Å². The van der Waals surface area contributed by atoms with Crippen LogP contribution in [0.15, 0.2) is 182 Å². The normalized spacial score (nSPS) is 11.0. The number of hydrogen-bond donors (Lipinski definition) is 0. The zero-order chi connectivity index (χ0) is 30.7. The maximum absolute atomic E-state index is 5.61. The zero-order valence-corrected chi connectivity index (χ0v) is 25.2. The molecule has 7 aromatic carbocycles. The van der Waals surface area contributed by atoms with Gasteiger partial charge in [-0.25, -0.2) is 9.97 Å². The van der Waals surface area contributed by atoms with Gasteiger partial charge in [-0.15, -0.1) is 0 Å². The molecule has 0 unspecified atom stereocenters. The lowest BCUT2D eigenvalue weighted by atomic mass is 9.85. The van der Waals surface area contributed by atoms with Crippen LogP contribution in [-0.4, -0.2) is 9.97 Å². The van der Waals surface area contributed by atoms with E-state index in [9.17, 15) is 0 Å². The zero-order valence-electron chi connectivity index (χ0n) is 25.2. The minimum Gasteiger partial charge on any atom is -0.243 e. The minimum absolute atomic E-state index is 0.865. The van der Waals surface area contributed by atoms with E-state index in [2.05, 4.69) is 170 Å². The molecule has 2 heteroatoms. The summed E-state index contributed by atoms with van der Waals surface area (Å²) in [5.41, 5.74) is 14.5. The van der Waals surface area contributed by atoms with Gasteiger partial charge in [-0.2, -0.15) is 0 Å². The highest BCUT2D eigenvalue weighted by Gasteiger charge is 2.23. The quantitative estimate of drug-likeness (QED) is 0.194. The van der Waals surface area contributed by atoms with Gasteiger partial charge in [0.05, 0.1) is 22.4 Å². The van der Waals surface area contributed by atoms with Crippen LogP contribution in [0.3, 0.4) is 0 Å². The van der Waals surface area contributed by atoms with Crippen molar-refractivity contribution in [1.82, 2.24) is 9.97 Å². The predicted molar refractivity (Wildman–Crippen MR) is 192 cm³/mol. The van der Waals surface area contributed by atoms with Gasteiger partial charge >= 0.3 is 0 Å². The van der Waals surface area contributed by atoms with Crippen LogP contribution < -0.4 is 0 Å². The van der Waals surface area contributed by atoms with Crippen molar-refractivity contribution < 1.29 is 0 Å². The first-order valence-electron chi connectivity index (χ1n) is 15.6. The third kappa shape index (κ3) is 5.06. The fraction of sp³-hybridized carbons (Fsp3) is 0. The summed E-state index contributed by atoms with van der Waals surface area (Å²) in [5, 5.41) is 0. The summed E-state index contributed by atoms with van der Waals surface area (Å²) >= 11 is 0. The molecule has 0 bridgehead atoms. The predicted octanol–water partition coefficient (Wildman–Crippen LogP) is 11.6. The molecule has 8 aromatic rings. The van der Waals surface area contributed by atoms with E-state index in [4.69, 9.17) is 9.97 Å². The number of benzene rings is 7. The monoisotopic (exact) mass is 586 g/mol. The van der Waals surface area contributed by atoms with Gasteiger partial charge in [0.15, 0.2) is 0 Å². The molecule has 0 aliphatic heterocycles. The fourth-order valence-electron chi connectivity index (χ4n) is 6.34. The average molecular weight is 587 g/mol. The van der Waals surface area contributed by atoms with E-state index < -0.39 is 0 Å². The fourth-order valence-corrected chi connectivity index (χ4v) is 6.34. The number of rotatable bonds is 6. The Morgan fingerprint density at radius 3 is 1.13 bits per heavy atom. The molecular formula is C44H30N2. The van der Waals surface area contributed by atoms with Crippen LogP contribution in [0.1, 0.15) is 0 Å². The maximum atomic E-state index is 5.61. The maximum Gasteiger partial charge on any atom is 0.0985 e. The second kappa shape index (κ2) is 12.1. The second-order valence-electron chi connectivity index (χ2n) is 11.3. The lowest BCUT2D eigenvalue weighted by Gasteiger charge is -2.21. The molecule has 216 valence electrons. The van der Waals surface area contributed by atoms with E-state index in [1.54, 1.807) is 0 Å². The number of aromatic nitrogens is 2. The third-order valence-corrected chi connectivity index (χ3v) is 8.49. The van der Waals surface area contributed by atoms with Crippen molar-refractivity contribution in [2.75, 3.05) is 0 Å². The van der Waals surface area contributed by atoms with Gasteiger partial charge in [-0.3, -0.25) is 0 Å². The van der Waals surface area contributed by atoms with Crippen LogP contribution >= 0.6 is 0 Å². The van der Waals surface area contributed by atoms with Crippen LogP contribution in [-0.2, 0) is 0 Å². The van der Waals surface area contributed by atoms with Crippen LogP contribution in [0, 0.1) is 0 Å². The van der Waals surface area contributed by atoms with E-state index >= 15 is 0 Å². The number of nitrogens with zero attached hydrogens (tertiary/aromatic N) is 2. The first-order valence-corrected chi connectivity index (χ1v) is 15.6. The topological polar surface area (TPSA) is 25.8 Å². The van der Waals surface area contributed by atoms with Crippen LogP contribution in [0.5, 0.6) is 0 Å². The largest absolute Gasteiger partial charge is 0.243 e. The molecule has 0 aliphatic rings. The molecule has 0 fully saturated rings. The summed E-state index contributed by atoms with van der Waals surface area (Å²) in [7, 11) is 0. The van der Waals surface area contributed by atoms with E-state index in [0.29, 0.717) is 0 Å². The molecule has 0 amide bonds. The Labute approximate surface area is 269 Å². The molecule has 0 aliphatic carbocycles. The molecule has 8 rings (SSSR count). The molecule has 0 atom stereocenters. The van der Waals surface area contributed by atoms with Crippen LogP contribution in [0.25, 0.3) is 78.1 Å². The summed E-state index contributed by atoms with van der Waals surface area (Å²) < 4.78 is 0. The molecule has 0 N–H and O–H groups in total. The summed E-state index contributed by atoms with van der Waals surface area (Å²) in [6, 6.07) is 63.7. The van der Waals surface area contributed by atoms with Crippen LogP contribution in [0.4, 0.5) is 0 Å². The van der Waals surface area contributed by atoms with Gasteiger partial charge in [-0.1, -0.05) is 176 Å². The summed E-state index contributed by atoms with van der Waals surface area (Å²) in [6.07, 6.45) is 0. The molecular weight excluding hydrogens is 556 g/mol. The van der Waals surface area contributed by atoms with Crippen LogP contribution in [0.2, 0.25) is 0 Å². The van der Waals surface area contributed by atoms with Crippen molar-refractivity contribution in [2.45, 2.75) is 0 Å². The first kappa shape index (κ1) is 27.4. The molecule has 1 aromatic heterocycles. The van der Waals surface area contributed by atoms with Crippen molar-refractivity contribution in [2.24, 2.45) is 0 Å². The molecule has 0 spiro atoms. The van der Waals surface area contributed by atoms with Gasteiger partial charge in [0, 0.05) is 22.3 Å². The number of fused-ring (bicyclic) bond motifs is 1. The molecule has 2 nitrogen and oxygen atoms in total. The summed E-state index contributed by atoms with van der Waals surface area (Å²) in [6.45, 7) is 0. The lowest BCUT2D eigenvalue weighted by molar-refractivity contribution is 1.29. The summed E-state index contributed by atoms with van der Waals surface area (Å²) in [5.74, 6) is 0. The Morgan fingerprint density at radius 2 is 0.630 bits per heavy atom. The standard InChI is InChI=1S/C44H30N2/c1-6-18-31(19-7-1)36-28-16-17-29-37(36)39-30-38(32-20-8-2-9-21-32)43-44(40(39)33-22-10-3-11-23-33)46-42(35-26-14-5-15-27-35)41(45-43)34-24-12-4-13-25-34/h1-30H. The average Bonchev–Trinajstić information content (AvgIpc) is 3.15. The van der Waals surface area contributed by atoms with Crippen molar-refractivity contribution in [1.29, 1.82) is 0 Å². The SMILES string of the molecule is c1ccc(-c2ccccc2-c2cc(-c3ccccc3)c3nc(-c4ccccc4)c(-c4ccccc4)nc3c2-c2ccccc2)cc1. The lowest BCUT2D eigenvalue weighted by Crippen LogP contribution is -2.01. The van der Waals surface area contributed by atoms with Crippen molar-refractivity contribution in [3.8, 4) is 67.0 Å². The Morgan fingerprint density at radius 1 is 0.261 bits per heavy atom. The highest BCUT2D eigenvalue weighted by atomic mass is 14.8. The second-order valence-corrected chi connectivity index (χ2v) is 11.3. The van der Waals surface area contributed by atoms with Crippen molar-refractivity contribution in [3.63, 3.8) is 0 Å². The van der Waals surface area contributed by atoms with E-state index in [0.717, 1.165) is 66.9 Å². The van der Waals surface area contributed by atoms with Gasteiger partial charge in [-0.05, 0) is 39.4 Å².